The molecule has 0 heterocycles. The van der Waals surface area contributed by atoms with Gasteiger partial charge in [-0.25, -0.2) is 0 Å². The number of hydrogen-bond donors (Lipinski definition) is 0. The Morgan fingerprint density at radius 3 is 2.24 bits per heavy atom. The van der Waals surface area contributed by atoms with Gasteiger partial charge in [0.05, 0.1) is 5.76 Å². The van der Waals surface area contributed by atoms with Gasteiger partial charge in [-0.05, 0) is 55.6 Å². The lowest BCUT2D eigenvalue weighted by atomic mass is 9.49. The van der Waals surface area contributed by atoms with Crippen LogP contribution in [0, 0.1) is 29.1 Å². The highest BCUT2D eigenvalue weighted by Gasteiger charge is 2.58. The summed E-state index contributed by atoms with van der Waals surface area (Å²) < 4.78 is 6.25. The Hall–Kier alpha value is -1.16. The highest BCUT2D eigenvalue weighted by Crippen LogP contribution is 2.58. The number of carbonyl (C=O) groups is 2. The molecule has 0 saturated heterocycles. The molecule has 4 aliphatic carbocycles. The molecule has 0 aliphatic heterocycles. The largest absolute Gasteiger partial charge is 0.547 e. The van der Waals surface area contributed by atoms with Crippen LogP contribution in [0.3, 0.4) is 0 Å². The Morgan fingerprint density at radius 1 is 1.10 bits per heavy atom. The molecule has 21 heavy (non-hydrogen) atoms. The van der Waals surface area contributed by atoms with Crippen LogP contribution >= 0.6 is 0 Å². The van der Waals surface area contributed by atoms with Crippen LogP contribution in [-0.4, -0.2) is 19.9 Å². The summed E-state index contributed by atoms with van der Waals surface area (Å²) in [6, 6.07) is 0. The zero-order valence-electron chi connectivity index (χ0n) is 13.5. The number of ketones is 2. The normalized spacial score (nSPS) is 37.3. The summed E-state index contributed by atoms with van der Waals surface area (Å²) in [5.41, 5.74) is 0.0548. The molecule has 0 aromatic carbocycles. The van der Waals surface area contributed by atoms with Crippen molar-refractivity contribution in [2.75, 3.05) is 0 Å². The van der Waals surface area contributed by atoms with Gasteiger partial charge in [0.15, 0.2) is 11.6 Å². The van der Waals surface area contributed by atoms with Gasteiger partial charge in [-0.15, -0.1) is 0 Å². The van der Waals surface area contributed by atoms with E-state index in [1.165, 1.54) is 12.2 Å². The maximum Gasteiger partial charge on any atom is 0.241 e. The monoisotopic (exact) mass is 304 g/mol. The molecule has 0 amide bonds. The van der Waals surface area contributed by atoms with Crippen LogP contribution in [0.5, 0.6) is 0 Å². The second-order valence-corrected chi connectivity index (χ2v) is 12.7. The third-order valence-electron chi connectivity index (χ3n) is 5.06. The highest BCUT2D eigenvalue weighted by atomic mass is 28.4. The fourth-order valence-electron chi connectivity index (χ4n) is 4.28. The molecule has 3 nitrogen and oxygen atoms in total. The van der Waals surface area contributed by atoms with Gasteiger partial charge in [0.2, 0.25) is 8.32 Å². The van der Waals surface area contributed by atoms with Gasteiger partial charge in [0, 0.05) is 17.8 Å². The molecular formula is C17H24O3Si. The van der Waals surface area contributed by atoms with Crippen LogP contribution in [0.4, 0.5) is 0 Å². The number of fused-ring (bicyclic) bond motifs is 1. The predicted molar refractivity (Wildman–Crippen MR) is 84.0 cm³/mol. The summed E-state index contributed by atoms with van der Waals surface area (Å²) in [7, 11) is -1.71. The molecule has 0 aromatic rings. The molecule has 1 fully saturated rings. The van der Waals surface area contributed by atoms with E-state index in [0.29, 0.717) is 0 Å². The number of rotatable bonds is 2. The van der Waals surface area contributed by atoms with E-state index in [1.54, 1.807) is 0 Å². The maximum absolute atomic E-state index is 12.4. The van der Waals surface area contributed by atoms with Gasteiger partial charge in [-0.3, -0.25) is 9.59 Å². The molecular weight excluding hydrogens is 280 g/mol. The molecule has 0 unspecified atom stereocenters. The van der Waals surface area contributed by atoms with Gasteiger partial charge in [0.1, 0.15) is 0 Å². The van der Waals surface area contributed by atoms with Crippen molar-refractivity contribution in [1.82, 2.24) is 0 Å². The first-order valence-electron chi connectivity index (χ1n) is 7.77. The fourth-order valence-corrected chi connectivity index (χ4v) is 5.20. The summed E-state index contributed by atoms with van der Waals surface area (Å²) >= 11 is 0. The number of allylic oxidation sites excluding steroid dienone is 4. The second kappa shape index (κ2) is 4.42. The Morgan fingerprint density at radius 2 is 1.67 bits per heavy atom. The third-order valence-corrected chi connectivity index (χ3v) is 5.91. The van der Waals surface area contributed by atoms with E-state index in [4.69, 9.17) is 4.43 Å². The fraction of sp³-hybridized carbons (Fsp3) is 0.647. The smallest absolute Gasteiger partial charge is 0.241 e. The minimum atomic E-state index is -1.71. The van der Waals surface area contributed by atoms with Crippen LogP contribution in [0.15, 0.2) is 24.0 Å². The standard InChI is InChI=1S/C17H24O3Si/c1-17(2)9-10-14(20-21(3,4)5)8-11(17)16-13(19)7-6-12(18)15(10)16/h6-8,10-11,15-16H,9H2,1-5H3/t10-,11+,15-,16+/m1/s1. The molecule has 4 heteroatoms. The number of carbonyl (C=O) groups excluding carboxylic acids is 2. The highest BCUT2D eigenvalue weighted by molar-refractivity contribution is 6.70. The predicted octanol–water partition coefficient (Wildman–Crippen LogP) is 3.34. The van der Waals surface area contributed by atoms with Gasteiger partial charge in [-0.1, -0.05) is 13.8 Å². The molecule has 4 aliphatic rings. The second-order valence-electron chi connectivity index (χ2n) is 8.30. The van der Waals surface area contributed by atoms with E-state index in [2.05, 4.69) is 39.6 Å². The lowest BCUT2D eigenvalue weighted by Gasteiger charge is -2.55. The van der Waals surface area contributed by atoms with Gasteiger partial charge in [-0.2, -0.15) is 0 Å². The summed E-state index contributed by atoms with van der Waals surface area (Å²) in [5.74, 6) is 1.02. The molecule has 0 radical (unpaired) electrons. The average molecular weight is 304 g/mol. The first kappa shape index (κ1) is 14.8. The van der Waals surface area contributed by atoms with E-state index in [9.17, 15) is 9.59 Å². The first-order chi connectivity index (χ1) is 9.60. The van der Waals surface area contributed by atoms with E-state index >= 15 is 0 Å². The zero-order valence-corrected chi connectivity index (χ0v) is 14.5. The number of hydrogen-bond acceptors (Lipinski definition) is 3. The topological polar surface area (TPSA) is 43.4 Å². The van der Waals surface area contributed by atoms with Gasteiger partial charge in [0.25, 0.3) is 0 Å². The van der Waals surface area contributed by atoms with Crippen molar-refractivity contribution in [1.29, 1.82) is 0 Å². The molecule has 4 atom stereocenters. The molecule has 2 bridgehead atoms. The van der Waals surface area contributed by atoms with E-state index in [-0.39, 0.29) is 40.7 Å². The summed E-state index contributed by atoms with van der Waals surface area (Å²) in [5, 5.41) is 0. The zero-order chi connectivity index (χ0) is 15.6. The van der Waals surface area contributed by atoms with Crippen LogP contribution in [-0.2, 0) is 14.0 Å². The summed E-state index contributed by atoms with van der Waals surface area (Å²) in [6.45, 7) is 10.9. The molecule has 114 valence electrons. The van der Waals surface area contributed by atoms with Crippen LogP contribution in [0.2, 0.25) is 19.6 Å². The minimum absolute atomic E-state index is 0.0548. The molecule has 0 N–H and O–H groups in total. The Bertz CT molecular complexity index is 565. The van der Waals surface area contributed by atoms with Crippen LogP contribution < -0.4 is 0 Å². The Balaban J connectivity index is 2.05. The van der Waals surface area contributed by atoms with Gasteiger partial charge >= 0.3 is 0 Å². The van der Waals surface area contributed by atoms with E-state index < -0.39 is 8.32 Å². The molecule has 0 spiro atoms. The minimum Gasteiger partial charge on any atom is -0.547 e. The van der Waals surface area contributed by atoms with Crippen molar-refractivity contribution in [3.63, 3.8) is 0 Å². The van der Waals surface area contributed by atoms with Crippen molar-refractivity contribution < 1.29 is 14.0 Å². The van der Waals surface area contributed by atoms with E-state index in [0.717, 1.165) is 12.2 Å². The van der Waals surface area contributed by atoms with Crippen molar-refractivity contribution in [2.45, 2.75) is 39.9 Å². The van der Waals surface area contributed by atoms with Gasteiger partial charge < -0.3 is 4.43 Å². The lowest BCUT2D eigenvalue weighted by molar-refractivity contribution is -0.140. The SMILES string of the molecule is CC1(C)C[C@@H]2C(O[Si](C)(C)C)=C[C@H]1[C@H]1C(=O)C=CC(=O)[C@H]12. The quantitative estimate of drug-likeness (QED) is 0.735. The molecule has 1 saturated carbocycles. The van der Waals surface area contributed by atoms with Crippen LogP contribution in [0.25, 0.3) is 0 Å². The Labute approximate surface area is 127 Å². The van der Waals surface area contributed by atoms with Crippen molar-refractivity contribution in [3.8, 4) is 0 Å². The third kappa shape index (κ3) is 2.33. The molecule has 0 aromatic heterocycles. The maximum atomic E-state index is 12.4. The lowest BCUT2D eigenvalue weighted by Crippen LogP contribution is -2.55. The van der Waals surface area contributed by atoms with Crippen LogP contribution in [0.1, 0.15) is 20.3 Å². The summed E-state index contributed by atoms with van der Waals surface area (Å²) in [4.78, 5) is 24.7. The average Bonchev–Trinajstić information content (AvgIpc) is 2.32. The first-order valence-corrected chi connectivity index (χ1v) is 11.2. The van der Waals surface area contributed by atoms with Crippen molar-refractivity contribution in [2.24, 2.45) is 29.1 Å². The van der Waals surface area contributed by atoms with Crippen molar-refractivity contribution >= 4 is 19.9 Å². The summed E-state index contributed by atoms with van der Waals surface area (Å²) in [6.07, 6.45) is 6.05. The Kier molecular flexibility index (Phi) is 3.10. The molecule has 4 rings (SSSR count). The van der Waals surface area contributed by atoms with E-state index in [1.807, 2.05) is 0 Å². The van der Waals surface area contributed by atoms with Crippen molar-refractivity contribution in [3.05, 3.63) is 24.0 Å².